The van der Waals surface area contributed by atoms with Gasteiger partial charge in [0.05, 0.1) is 0 Å². The second-order valence-corrected chi connectivity index (χ2v) is 7.18. The van der Waals surface area contributed by atoms with Gasteiger partial charge in [0.25, 0.3) is 5.91 Å². The SMILES string of the molecule is CC1(c2ccc(Cl)cc2Cl)NC(=O)N(CC(=O)NCc2ccccc2)C1=O. The number of urea groups is 1. The molecule has 0 aromatic heterocycles. The molecule has 8 heteroatoms. The summed E-state index contributed by atoms with van der Waals surface area (Å²) in [6.07, 6.45) is 0. The highest BCUT2D eigenvalue weighted by molar-refractivity contribution is 6.35. The molecule has 1 fully saturated rings. The smallest absolute Gasteiger partial charge is 0.325 e. The summed E-state index contributed by atoms with van der Waals surface area (Å²) in [5.41, 5.74) is -0.0294. The van der Waals surface area contributed by atoms with Gasteiger partial charge in [-0.3, -0.25) is 14.5 Å². The Morgan fingerprint density at radius 2 is 1.85 bits per heavy atom. The summed E-state index contributed by atoms with van der Waals surface area (Å²) in [5, 5.41) is 5.99. The maximum Gasteiger partial charge on any atom is 0.325 e. The van der Waals surface area contributed by atoms with E-state index in [2.05, 4.69) is 10.6 Å². The third kappa shape index (κ3) is 3.91. The Hall–Kier alpha value is -2.57. The van der Waals surface area contributed by atoms with Crippen molar-refractivity contribution in [2.75, 3.05) is 6.54 Å². The minimum atomic E-state index is -1.36. The quantitative estimate of drug-likeness (QED) is 0.750. The summed E-state index contributed by atoms with van der Waals surface area (Å²) < 4.78 is 0. The van der Waals surface area contributed by atoms with Gasteiger partial charge in [-0.15, -0.1) is 0 Å². The van der Waals surface area contributed by atoms with Crippen molar-refractivity contribution in [2.45, 2.75) is 19.0 Å². The minimum Gasteiger partial charge on any atom is -0.350 e. The van der Waals surface area contributed by atoms with E-state index in [0.717, 1.165) is 10.5 Å². The number of hydrogen-bond donors (Lipinski definition) is 2. The van der Waals surface area contributed by atoms with Crippen LogP contribution < -0.4 is 10.6 Å². The van der Waals surface area contributed by atoms with Crippen LogP contribution in [0.5, 0.6) is 0 Å². The largest absolute Gasteiger partial charge is 0.350 e. The Bertz CT molecular complexity index is 904. The zero-order valence-electron chi connectivity index (χ0n) is 14.5. The Morgan fingerprint density at radius 1 is 1.15 bits per heavy atom. The lowest BCUT2D eigenvalue weighted by molar-refractivity contribution is -0.134. The maximum atomic E-state index is 12.9. The van der Waals surface area contributed by atoms with Gasteiger partial charge in [-0.05, 0) is 24.6 Å². The molecule has 2 aromatic rings. The van der Waals surface area contributed by atoms with E-state index < -0.39 is 23.4 Å². The van der Waals surface area contributed by atoms with Crippen LogP contribution in [0, 0.1) is 0 Å². The summed E-state index contributed by atoms with van der Waals surface area (Å²) in [7, 11) is 0. The van der Waals surface area contributed by atoms with Crippen LogP contribution in [0.15, 0.2) is 48.5 Å². The van der Waals surface area contributed by atoms with E-state index in [1.165, 1.54) is 6.07 Å². The number of carbonyl (C=O) groups is 3. The highest BCUT2D eigenvalue weighted by Crippen LogP contribution is 2.34. The van der Waals surface area contributed by atoms with Crippen molar-refractivity contribution in [3.8, 4) is 0 Å². The lowest BCUT2D eigenvalue weighted by Crippen LogP contribution is -2.43. The minimum absolute atomic E-state index is 0.258. The number of hydrogen-bond acceptors (Lipinski definition) is 3. The summed E-state index contributed by atoms with van der Waals surface area (Å²) in [4.78, 5) is 38.2. The molecule has 27 heavy (non-hydrogen) atoms. The average molecular weight is 406 g/mol. The molecule has 1 aliphatic heterocycles. The lowest BCUT2D eigenvalue weighted by atomic mass is 9.92. The summed E-state index contributed by atoms with van der Waals surface area (Å²) in [6.45, 7) is 1.48. The monoisotopic (exact) mass is 405 g/mol. The zero-order valence-corrected chi connectivity index (χ0v) is 16.0. The highest BCUT2D eigenvalue weighted by atomic mass is 35.5. The van der Waals surface area contributed by atoms with Gasteiger partial charge in [0, 0.05) is 22.2 Å². The number of nitrogens with one attached hydrogen (secondary N) is 2. The zero-order chi connectivity index (χ0) is 19.6. The number of imide groups is 1. The van der Waals surface area contributed by atoms with E-state index in [4.69, 9.17) is 23.2 Å². The predicted molar refractivity (Wildman–Crippen MR) is 102 cm³/mol. The van der Waals surface area contributed by atoms with Crippen LogP contribution in [0.1, 0.15) is 18.1 Å². The number of halogens is 2. The van der Waals surface area contributed by atoms with Crippen LogP contribution in [0.25, 0.3) is 0 Å². The van der Waals surface area contributed by atoms with Gasteiger partial charge in [0.2, 0.25) is 5.91 Å². The van der Waals surface area contributed by atoms with Crippen molar-refractivity contribution in [1.82, 2.24) is 15.5 Å². The molecule has 0 spiro atoms. The maximum absolute atomic E-state index is 12.9. The van der Waals surface area contributed by atoms with Crippen LogP contribution in [-0.4, -0.2) is 29.3 Å². The van der Waals surface area contributed by atoms with Crippen LogP contribution in [0.2, 0.25) is 10.0 Å². The van der Waals surface area contributed by atoms with E-state index >= 15 is 0 Å². The first-order valence-corrected chi connectivity index (χ1v) is 8.97. The van der Waals surface area contributed by atoms with Crippen molar-refractivity contribution in [3.63, 3.8) is 0 Å². The molecule has 1 heterocycles. The van der Waals surface area contributed by atoms with E-state index in [-0.39, 0.29) is 11.6 Å². The van der Waals surface area contributed by atoms with Crippen LogP contribution >= 0.6 is 23.2 Å². The van der Waals surface area contributed by atoms with Crippen molar-refractivity contribution < 1.29 is 14.4 Å². The van der Waals surface area contributed by atoms with Crippen molar-refractivity contribution in [1.29, 1.82) is 0 Å². The summed E-state index contributed by atoms with van der Waals surface area (Å²) >= 11 is 12.1. The van der Waals surface area contributed by atoms with Gasteiger partial charge >= 0.3 is 6.03 Å². The van der Waals surface area contributed by atoms with Crippen LogP contribution in [-0.2, 0) is 21.7 Å². The molecule has 2 aromatic carbocycles. The molecule has 1 saturated heterocycles. The number of benzene rings is 2. The van der Waals surface area contributed by atoms with Gasteiger partial charge in [-0.2, -0.15) is 0 Å². The topological polar surface area (TPSA) is 78.5 Å². The molecular formula is C19H17Cl2N3O3. The number of carbonyl (C=O) groups excluding carboxylic acids is 3. The van der Waals surface area contributed by atoms with Crippen LogP contribution in [0.4, 0.5) is 4.79 Å². The molecule has 6 nitrogen and oxygen atoms in total. The predicted octanol–water partition coefficient (Wildman–Crippen LogP) is 3.08. The first kappa shape index (κ1) is 19.2. The molecule has 1 aliphatic rings. The molecule has 2 N–H and O–H groups in total. The highest BCUT2D eigenvalue weighted by Gasteiger charge is 2.50. The molecule has 0 saturated carbocycles. The standard InChI is InChI=1S/C19H17Cl2N3O3/c1-19(14-8-7-13(20)9-15(14)21)17(26)24(18(27)23-19)11-16(25)22-10-12-5-3-2-4-6-12/h2-9H,10-11H2,1H3,(H,22,25)(H,23,27). The van der Waals surface area contributed by atoms with Gasteiger partial charge in [0.15, 0.2) is 0 Å². The third-order valence-electron chi connectivity index (χ3n) is 4.38. The van der Waals surface area contributed by atoms with Crippen molar-refractivity contribution in [3.05, 3.63) is 69.7 Å². The van der Waals surface area contributed by atoms with E-state index in [1.54, 1.807) is 19.1 Å². The third-order valence-corrected chi connectivity index (χ3v) is 4.93. The van der Waals surface area contributed by atoms with E-state index in [1.807, 2.05) is 30.3 Å². The van der Waals surface area contributed by atoms with Gasteiger partial charge in [-0.1, -0.05) is 59.6 Å². The molecule has 0 aliphatic carbocycles. The summed E-state index contributed by atoms with van der Waals surface area (Å²) in [5.74, 6) is -0.986. The molecule has 4 amide bonds. The number of rotatable bonds is 5. The molecule has 3 rings (SSSR count). The van der Waals surface area contributed by atoms with E-state index in [9.17, 15) is 14.4 Å². The second kappa shape index (κ2) is 7.58. The Labute approximate surface area is 166 Å². The lowest BCUT2D eigenvalue weighted by Gasteiger charge is -2.23. The fourth-order valence-electron chi connectivity index (χ4n) is 2.91. The van der Waals surface area contributed by atoms with Gasteiger partial charge in [0.1, 0.15) is 12.1 Å². The average Bonchev–Trinajstić information content (AvgIpc) is 2.84. The molecule has 1 atom stereocenters. The molecule has 0 radical (unpaired) electrons. The van der Waals surface area contributed by atoms with Crippen molar-refractivity contribution in [2.24, 2.45) is 0 Å². The second-order valence-electron chi connectivity index (χ2n) is 6.33. The van der Waals surface area contributed by atoms with Crippen molar-refractivity contribution >= 4 is 41.0 Å². The van der Waals surface area contributed by atoms with Gasteiger partial charge in [-0.25, -0.2) is 4.79 Å². The normalized spacial score (nSPS) is 19.1. The Morgan fingerprint density at radius 3 is 2.52 bits per heavy atom. The van der Waals surface area contributed by atoms with Gasteiger partial charge < -0.3 is 10.6 Å². The first-order chi connectivity index (χ1) is 12.8. The molecular weight excluding hydrogens is 389 g/mol. The summed E-state index contributed by atoms with van der Waals surface area (Å²) in [6, 6.07) is 13.4. The number of amides is 4. The Kier molecular flexibility index (Phi) is 5.39. The molecule has 140 valence electrons. The molecule has 1 unspecified atom stereocenters. The molecule has 0 bridgehead atoms. The number of nitrogens with zero attached hydrogens (tertiary/aromatic N) is 1. The Balaban J connectivity index is 1.71. The fraction of sp³-hybridized carbons (Fsp3) is 0.211. The first-order valence-electron chi connectivity index (χ1n) is 8.21. The van der Waals surface area contributed by atoms with E-state index in [0.29, 0.717) is 17.1 Å². The van der Waals surface area contributed by atoms with Crippen LogP contribution in [0.3, 0.4) is 0 Å². The fourth-order valence-corrected chi connectivity index (χ4v) is 3.51.